The zero-order valence-corrected chi connectivity index (χ0v) is 14.4. The van der Waals surface area contributed by atoms with Crippen LogP contribution in [0.2, 0.25) is 0 Å². The molecule has 24 heavy (non-hydrogen) atoms. The van der Waals surface area contributed by atoms with Crippen molar-refractivity contribution >= 4 is 23.2 Å². The summed E-state index contributed by atoms with van der Waals surface area (Å²) >= 11 is 1.39. The average Bonchev–Trinajstić information content (AvgIpc) is 3.13. The number of nitrogens with one attached hydrogen (secondary N) is 2. The van der Waals surface area contributed by atoms with Crippen LogP contribution in [-0.4, -0.2) is 30.6 Å². The molecular formula is C17H20N2O4S. The lowest BCUT2D eigenvalue weighted by Gasteiger charge is -2.22. The Morgan fingerprint density at radius 1 is 1.17 bits per heavy atom. The number of rotatable bonds is 6. The van der Waals surface area contributed by atoms with Gasteiger partial charge in [-0.1, -0.05) is 18.2 Å². The Morgan fingerprint density at radius 2 is 1.83 bits per heavy atom. The van der Waals surface area contributed by atoms with Gasteiger partial charge in [-0.05, 0) is 36.1 Å². The van der Waals surface area contributed by atoms with Crippen LogP contribution in [0.5, 0.6) is 5.75 Å². The number of thiophene rings is 1. The second kappa shape index (κ2) is 7.94. The first-order chi connectivity index (χ1) is 11.4. The number of benzene rings is 1. The molecule has 0 bridgehead atoms. The average molecular weight is 348 g/mol. The van der Waals surface area contributed by atoms with Crippen molar-refractivity contribution in [2.24, 2.45) is 0 Å². The molecule has 0 aliphatic heterocycles. The first kappa shape index (κ1) is 18.0. The normalized spacial score (nSPS) is 13.0. The summed E-state index contributed by atoms with van der Waals surface area (Å²) in [6.07, 6.45) is 0. The van der Waals surface area contributed by atoms with E-state index in [4.69, 9.17) is 4.74 Å². The lowest BCUT2D eigenvalue weighted by Crippen LogP contribution is -2.45. The second-order valence-corrected chi connectivity index (χ2v) is 6.41. The smallest absolute Gasteiger partial charge is 0.309 e. The fourth-order valence-corrected chi connectivity index (χ4v) is 2.80. The molecule has 0 radical (unpaired) electrons. The summed E-state index contributed by atoms with van der Waals surface area (Å²) < 4.78 is 5.05. The highest BCUT2D eigenvalue weighted by molar-refractivity contribution is 7.10. The van der Waals surface area contributed by atoms with Crippen LogP contribution in [0.1, 0.15) is 17.4 Å². The Morgan fingerprint density at radius 3 is 2.42 bits per heavy atom. The van der Waals surface area contributed by atoms with Gasteiger partial charge < -0.3 is 20.5 Å². The van der Waals surface area contributed by atoms with E-state index in [0.29, 0.717) is 0 Å². The van der Waals surface area contributed by atoms with Gasteiger partial charge in [-0.25, -0.2) is 0 Å². The number of carbonyl (C=O) groups excluding carboxylic acids is 2. The molecule has 0 aliphatic rings. The van der Waals surface area contributed by atoms with Crippen LogP contribution < -0.4 is 15.4 Å². The van der Waals surface area contributed by atoms with Gasteiger partial charge in [0, 0.05) is 11.4 Å². The van der Waals surface area contributed by atoms with E-state index in [-0.39, 0.29) is 13.1 Å². The number of methoxy groups -OCH3 is 1. The quantitative estimate of drug-likeness (QED) is 0.689. The van der Waals surface area contributed by atoms with Crippen LogP contribution in [0.3, 0.4) is 0 Å². The molecule has 1 unspecified atom stereocenters. The zero-order chi connectivity index (χ0) is 17.6. The largest absolute Gasteiger partial charge is 0.497 e. The Bertz CT molecular complexity index is 681. The van der Waals surface area contributed by atoms with Gasteiger partial charge >= 0.3 is 11.8 Å². The van der Waals surface area contributed by atoms with Crippen molar-refractivity contribution in [2.75, 3.05) is 13.7 Å². The minimum absolute atomic E-state index is 0.0394. The molecule has 1 aromatic heterocycles. The van der Waals surface area contributed by atoms with E-state index >= 15 is 0 Å². The van der Waals surface area contributed by atoms with Gasteiger partial charge in [0.2, 0.25) is 0 Å². The van der Waals surface area contributed by atoms with E-state index in [1.807, 2.05) is 11.4 Å². The van der Waals surface area contributed by atoms with Crippen molar-refractivity contribution in [2.45, 2.75) is 19.1 Å². The summed E-state index contributed by atoms with van der Waals surface area (Å²) in [5.41, 5.74) is -0.359. The van der Waals surface area contributed by atoms with Crippen LogP contribution in [0.15, 0.2) is 41.8 Å². The van der Waals surface area contributed by atoms with E-state index in [2.05, 4.69) is 10.6 Å². The third kappa shape index (κ3) is 4.81. The molecule has 0 saturated carbocycles. The summed E-state index contributed by atoms with van der Waals surface area (Å²) in [5, 5.41) is 17.1. The molecular weight excluding hydrogens is 328 g/mol. The number of amides is 2. The van der Waals surface area contributed by atoms with Crippen LogP contribution in [0.4, 0.5) is 0 Å². The predicted molar refractivity (Wildman–Crippen MR) is 91.7 cm³/mol. The van der Waals surface area contributed by atoms with Gasteiger partial charge in [-0.15, -0.1) is 11.3 Å². The topological polar surface area (TPSA) is 87.7 Å². The minimum Gasteiger partial charge on any atom is -0.497 e. The highest BCUT2D eigenvalue weighted by Gasteiger charge is 2.26. The van der Waals surface area contributed by atoms with Gasteiger partial charge in [0.1, 0.15) is 11.4 Å². The Labute approximate surface area is 144 Å². The molecule has 3 N–H and O–H groups in total. The van der Waals surface area contributed by atoms with Crippen LogP contribution in [-0.2, 0) is 21.7 Å². The Balaban J connectivity index is 1.80. The molecule has 0 spiro atoms. The third-order valence-corrected chi connectivity index (χ3v) is 4.59. The van der Waals surface area contributed by atoms with E-state index in [1.165, 1.54) is 11.3 Å². The van der Waals surface area contributed by atoms with Crippen molar-refractivity contribution in [1.29, 1.82) is 0 Å². The first-order valence-corrected chi connectivity index (χ1v) is 8.25. The monoisotopic (exact) mass is 348 g/mol. The fourth-order valence-electron chi connectivity index (χ4n) is 2.01. The molecule has 2 amide bonds. The molecule has 128 valence electrons. The summed E-state index contributed by atoms with van der Waals surface area (Å²) in [5.74, 6) is -0.799. The van der Waals surface area contributed by atoms with Gasteiger partial charge in [0.05, 0.1) is 13.7 Å². The van der Waals surface area contributed by atoms with Crippen molar-refractivity contribution in [1.82, 2.24) is 10.6 Å². The van der Waals surface area contributed by atoms with Gasteiger partial charge in [0.15, 0.2) is 0 Å². The van der Waals surface area contributed by atoms with Gasteiger partial charge in [-0.2, -0.15) is 0 Å². The molecule has 2 aromatic rings. The number of hydrogen-bond acceptors (Lipinski definition) is 5. The number of hydrogen-bond donors (Lipinski definition) is 3. The summed E-state index contributed by atoms with van der Waals surface area (Å²) in [6.45, 7) is 1.79. The fraction of sp³-hybridized carbons (Fsp3) is 0.294. The molecule has 0 saturated heterocycles. The SMILES string of the molecule is COc1ccc(CNC(=O)C(=O)NCC(C)(O)c2cccs2)cc1. The van der Waals surface area contributed by atoms with E-state index < -0.39 is 17.4 Å². The molecule has 2 rings (SSSR count). The lowest BCUT2D eigenvalue weighted by atomic mass is 10.1. The summed E-state index contributed by atoms with van der Waals surface area (Å²) in [7, 11) is 1.58. The molecule has 1 heterocycles. The Kier molecular flexibility index (Phi) is 5.94. The standard InChI is InChI=1S/C17H20N2O4S/c1-17(22,14-4-3-9-24-14)11-19-16(21)15(20)18-10-12-5-7-13(23-2)8-6-12/h3-9,22H,10-11H2,1-2H3,(H,18,20)(H,19,21). The first-order valence-electron chi connectivity index (χ1n) is 7.37. The summed E-state index contributed by atoms with van der Waals surface area (Å²) in [6, 6.07) is 10.8. The lowest BCUT2D eigenvalue weighted by molar-refractivity contribution is -0.139. The minimum atomic E-state index is -1.21. The van der Waals surface area contributed by atoms with Crippen molar-refractivity contribution in [3.05, 3.63) is 52.2 Å². The molecule has 1 atom stereocenters. The van der Waals surface area contributed by atoms with Crippen molar-refractivity contribution in [3.8, 4) is 5.75 Å². The van der Waals surface area contributed by atoms with E-state index in [1.54, 1.807) is 44.4 Å². The highest BCUT2D eigenvalue weighted by atomic mass is 32.1. The molecule has 7 heteroatoms. The van der Waals surface area contributed by atoms with E-state index in [0.717, 1.165) is 16.2 Å². The third-order valence-electron chi connectivity index (χ3n) is 3.46. The van der Waals surface area contributed by atoms with Crippen molar-refractivity contribution in [3.63, 3.8) is 0 Å². The predicted octanol–water partition coefficient (Wildman–Crippen LogP) is 1.40. The highest BCUT2D eigenvalue weighted by Crippen LogP contribution is 2.24. The van der Waals surface area contributed by atoms with Crippen LogP contribution in [0.25, 0.3) is 0 Å². The van der Waals surface area contributed by atoms with Gasteiger partial charge in [-0.3, -0.25) is 9.59 Å². The molecule has 0 aliphatic carbocycles. The maximum absolute atomic E-state index is 11.8. The maximum Gasteiger partial charge on any atom is 0.309 e. The number of ether oxygens (including phenoxy) is 1. The molecule has 6 nitrogen and oxygen atoms in total. The van der Waals surface area contributed by atoms with Crippen LogP contribution in [0, 0.1) is 0 Å². The maximum atomic E-state index is 11.8. The Hall–Kier alpha value is -2.38. The zero-order valence-electron chi connectivity index (χ0n) is 13.5. The summed E-state index contributed by atoms with van der Waals surface area (Å²) in [4.78, 5) is 24.4. The number of aliphatic hydroxyl groups is 1. The van der Waals surface area contributed by atoms with E-state index in [9.17, 15) is 14.7 Å². The number of carbonyl (C=O) groups is 2. The van der Waals surface area contributed by atoms with Gasteiger partial charge in [0.25, 0.3) is 0 Å². The molecule has 1 aromatic carbocycles. The second-order valence-electron chi connectivity index (χ2n) is 5.46. The molecule has 0 fully saturated rings. The van der Waals surface area contributed by atoms with Crippen LogP contribution >= 0.6 is 11.3 Å². The van der Waals surface area contributed by atoms with Crippen molar-refractivity contribution < 1.29 is 19.4 Å².